The summed E-state index contributed by atoms with van der Waals surface area (Å²) in [7, 11) is 0. The Labute approximate surface area is 159 Å². The average molecular weight is 369 g/mol. The highest BCUT2D eigenvalue weighted by atomic mass is 32.2. The van der Waals surface area contributed by atoms with Gasteiger partial charge in [0.05, 0.1) is 11.4 Å². The van der Waals surface area contributed by atoms with Crippen molar-refractivity contribution in [2.75, 3.05) is 11.5 Å². The van der Waals surface area contributed by atoms with Crippen LogP contribution in [0.2, 0.25) is 0 Å². The highest BCUT2D eigenvalue weighted by molar-refractivity contribution is 8.27. The van der Waals surface area contributed by atoms with Gasteiger partial charge < -0.3 is 0 Å². The van der Waals surface area contributed by atoms with E-state index in [4.69, 9.17) is 9.98 Å². The van der Waals surface area contributed by atoms with E-state index in [1.165, 1.54) is 16.7 Å². The molecule has 0 aromatic heterocycles. The highest BCUT2D eigenvalue weighted by Gasteiger charge is 2.18. The monoisotopic (exact) mass is 368 g/mol. The zero-order chi connectivity index (χ0) is 17.8. The Kier molecular flexibility index (Phi) is 6.02. The normalized spacial score (nSPS) is 18.3. The topological polar surface area (TPSA) is 24.7 Å². The molecule has 0 bridgehead atoms. The van der Waals surface area contributed by atoms with Crippen LogP contribution in [0.4, 0.5) is 11.4 Å². The number of nitrogens with zero attached hydrogens (tertiary/aromatic N) is 2. The molecule has 1 fully saturated rings. The fourth-order valence-corrected chi connectivity index (χ4v) is 4.89. The number of aryl methyl sites for hydroxylation is 2. The number of thioether (sulfide) groups is 2. The van der Waals surface area contributed by atoms with Gasteiger partial charge in [-0.1, -0.05) is 50.2 Å². The number of para-hydroxylation sites is 2. The van der Waals surface area contributed by atoms with Gasteiger partial charge in [-0.05, 0) is 42.5 Å². The van der Waals surface area contributed by atoms with Crippen molar-refractivity contribution in [1.29, 1.82) is 0 Å². The summed E-state index contributed by atoms with van der Waals surface area (Å²) in [6.45, 7) is 8.68. The third-order valence-corrected chi connectivity index (χ3v) is 6.50. The van der Waals surface area contributed by atoms with Gasteiger partial charge >= 0.3 is 0 Å². The van der Waals surface area contributed by atoms with Crippen molar-refractivity contribution in [2.24, 2.45) is 9.98 Å². The molecule has 0 spiro atoms. The van der Waals surface area contributed by atoms with Gasteiger partial charge in [0.2, 0.25) is 0 Å². The van der Waals surface area contributed by atoms with Crippen LogP contribution in [-0.2, 0) is 0 Å². The maximum Gasteiger partial charge on any atom is 0.129 e. The van der Waals surface area contributed by atoms with Gasteiger partial charge in [-0.3, -0.25) is 0 Å². The second-order valence-electron chi connectivity index (χ2n) is 6.48. The standard InChI is InChI=1S/C21H24N2S2/c1-14(2)17-10-5-6-11-18(17)22-20-21(25-13-12-24-20)23-19-15(3)8-7-9-16(19)4/h5-11,14H,12-13H2,1-4H3. The smallest absolute Gasteiger partial charge is 0.129 e. The molecule has 0 amide bonds. The summed E-state index contributed by atoms with van der Waals surface area (Å²) < 4.78 is 0. The summed E-state index contributed by atoms with van der Waals surface area (Å²) in [6, 6.07) is 14.8. The first kappa shape index (κ1) is 18.3. The summed E-state index contributed by atoms with van der Waals surface area (Å²) in [4.78, 5) is 10.0. The van der Waals surface area contributed by atoms with E-state index in [0.717, 1.165) is 33.0 Å². The van der Waals surface area contributed by atoms with Gasteiger partial charge in [0.15, 0.2) is 0 Å². The fourth-order valence-electron chi connectivity index (χ4n) is 2.83. The van der Waals surface area contributed by atoms with Crippen LogP contribution >= 0.6 is 23.5 Å². The molecule has 2 aromatic carbocycles. The molecule has 2 aromatic rings. The van der Waals surface area contributed by atoms with Crippen molar-refractivity contribution in [3.8, 4) is 0 Å². The minimum Gasteiger partial charge on any atom is -0.239 e. The van der Waals surface area contributed by atoms with E-state index in [0.29, 0.717) is 5.92 Å². The lowest BCUT2D eigenvalue weighted by Crippen LogP contribution is -2.14. The Morgan fingerprint density at radius 1 is 0.800 bits per heavy atom. The summed E-state index contributed by atoms with van der Waals surface area (Å²) in [6.07, 6.45) is 0. The molecule has 0 atom stereocenters. The molecule has 1 saturated heterocycles. The van der Waals surface area contributed by atoms with Gasteiger partial charge in [-0.2, -0.15) is 0 Å². The van der Waals surface area contributed by atoms with Crippen molar-refractivity contribution >= 4 is 45.0 Å². The first-order valence-electron chi connectivity index (χ1n) is 8.64. The molecule has 3 rings (SSSR count). The third-order valence-electron chi connectivity index (χ3n) is 4.18. The number of benzene rings is 2. The van der Waals surface area contributed by atoms with Gasteiger partial charge in [-0.25, -0.2) is 9.98 Å². The lowest BCUT2D eigenvalue weighted by atomic mass is 10.0. The van der Waals surface area contributed by atoms with Gasteiger partial charge in [0.1, 0.15) is 10.1 Å². The van der Waals surface area contributed by atoms with Crippen LogP contribution in [0.1, 0.15) is 36.5 Å². The van der Waals surface area contributed by atoms with Crippen LogP contribution in [0.3, 0.4) is 0 Å². The van der Waals surface area contributed by atoms with Crippen LogP contribution in [0.15, 0.2) is 52.4 Å². The first-order valence-corrected chi connectivity index (χ1v) is 10.6. The molecular formula is C21H24N2S2. The molecule has 2 nitrogen and oxygen atoms in total. The quantitative estimate of drug-likeness (QED) is 0.604. The molecule has 1 aliphatic rings. The predicted octanol–water partition coefficient (Wildman–Crippen LogP) is 6.67. The minimum atomic E-state index is 0.459. The molecular weight excluding hydrogens is 344 g/mol. The number of hydrogen-bond acceptors (Lipinski definition) is 4. The van der Waals surface area contributed by atoms with Crippen molar-refractivity contribution in [1.82, 2.24) is 0 Å². The number of rotatable bonds is 3. The van der Waals surface area contributed by atoms with E-state index in [1.807, 2.05) is 23.5 Å². The van der Waals surface area contributed by atoms with Crippen LogP contribution in [0.5, 0.6) is 0 Å². The van der Waals surface area contributed by atoms with E-state index in [-0.39, 0.29) is 0 Å². The second kappa shape index (κ2) is 8.24. The summed E-state index contributed by atoms with van der Waals surface area (Å²) in [5.74, 6) is 2.62. The molecule has 1 heterocycles. The molecule has 0 aliphatic carbocycles. The van der Waals surface area contributed by atoms with Crippen molar-refractivity contribution in [3.63, 3.8) is 0 Å². The SMILES string of the molecule is Cc1cccc(C)c1N=C1SCCSC1=Nc1ccccc1C(C)C. The summed E-state index contributed by atoms with van der Waals surface area (Å²) in [5.41, 5.74) is 5.86. The molecule has 130 valence electrons. The largest absolute Gasteiger partial charge is 0.239 e. The molecule has 1 aliphatic heterocycles. The Morgan fingerprint density at radius 2 is 1.40 bits per heavy atom. The molecule has 0 radical (unpaired) electrons. The lowest BCUT2D eigenvalue weighted by molar-refractivity contribution is 0.867. The highest BCUT2D eigenvalue weighted by Crippen LogP contribution is 2.33. The molecule has 4 heteroatoms. The molecule has 0 saturated carbocycles. The van der Waals surface area contributed by atoms with Crippen molar-refractivity contribution in [2.45, 2.75) is 33.6 Å². The second-order valence-corrected chi connectivity index (χ2v) is 8.65. The maximum absolute atomic E-state index is 5.00. The Morgan fingerprint density at radius 3 is 2.04 bits per heavy atom. The van der Waals surface area contributed by atoms with Gasteiger partial charge in [0.25, 0.3) is 0 Å². The van der Waals surface area contributed by atoms with E-state index >= 15 is 0 Å². The van der Waals surface area contributed by atoms with E-state index in [9.17, 15) is 0 Å². The lowest BCUT2D eigenvalue weighted by Gasteiger charge is -2.17. The van der Waals surface area contributed by atoms with Gasteiger partial charge in [0, 0.05) is 11.5 Å². The summed E-state index contributed by atoms with van der Waals surface area (Å²) in [5, 5.41) is 2.10. The van der Waals surface area contributed by atoms with Crippen LogP contribution in [0, 0.1) is 13.8 Å². The molecule has 0 N–H and O–H groups in total. The molecule has 25 heavy (non-hydrogen) atoms. The Bertz CT molecular complexity index is 802. The van der Waals surface area contributed by atoms with Crippen molar-refractivity contribution in [3.05, 3.63) is 59.2 Å². The summed E-state index contributed by atoms with van der Waals surface area (Å²) >= 11 is 3.63. The van der Waals surface area contributed by atoms with Crippen LogP contribution in [0.25, 0.3) is 0 Å². The fraction of sp³-hybridized carbons (Fsp3) is 0.333. The minimum absolute atomic E-state index is 0.459. The average Bonchev–Trinajstić information content (AvgIpc) is 2.60. The van der Waals surface area contributed by atoms with E-state index < -0.39 is 0 Å². The predicted molar refractivity (Wildman–Crippen MR) is 116 cm³/mol. The van der Waals surface area contributed by atoms with Gasteiger partial charge in [-0.15, -0.1) is 23.5 Å². The third kappa shape index (κ3) is 4.36. The number of aliphatic imine (C=N–C) groups is 2. The number of hydrogen-bond donors (Lipinski definition) is 0. The molecule has 0 unspecified atom stereocenters. The van der Waals surface area contributed by atoms with Crippen molar-refractivity contribution < 1.29 is 0 Å². The maximum atomic E-state index is 5.00. The zero-order valence-corrected chi connectivity index (χ0v) is 16.9. The Hall–Kier alpha value is -1.52. The van der Waals surface area contributed by atoms with E-state index in [1.54, 1.807) is 0 Å². The van der Waals surface area contributed by atoms with Crippen LogP contribution in [-0.4, -0.2) is 21.6 Å². The first-order chi connectivity index (χ1) is 12.1. The zero-order valence-electron chi connectivity index (χ0n) is 15.2. The Balaban J connectivity index is 2.04. The van der Waals surface area contributed by atoms with Crippen LogP contribution < -0.4 is 0 Å². The van der Waals surface area contributed by atoms with E-state index in [2.05, 4.69) is 70.2 Å².